The van der Waals surface area contributed by atoms with Gasteiger partial charge in [0.05, 0.1) is 0 Å². The number of carbonyl (C=O) groups is 1. The number of rotatable bonds is 6. The van der Waals surface area contributed by atoms with Gasteiger partial charge in [-0.2, -0.15) is 4.39 Å². The third-order valence-electron chi connectivity index (χ3n) is 7.09. The summed E-state index contributed by atoms with van der Waals surface area (Å²) in [6.07, 6.45) is 5.62. The summed E-state index contributed by atoms with van der Waals surface area (Å²) in [5, 5.41) is 3.11. The lowest BCUT2D eigenvalue weighted by molar-refractivity contribution is 0.194. The van der Waals surface area contributed by atoms with Crippen molar-refractivity contribution in [2.75, 3.05) is 51.7 Å². The predicted molar refractivity (Wildman–Crippen MR) is 131 cm³/mol. The van der Waals surface area contributed by atoms with Gasteiger partial charge in [0, 0.05) is 52.4 Å². The number of carbonyl (C=O) groups excluding carboxylic acids is 1. The summed E-state index contributed by atoms with van der Waals surface area (Å²) in [6, 6.07) is 9.68. The molecule has 1 saturated heterocycles. The van der Waals surface area contributed by atoms with Crippen LogP contribution in [0.25, 0.3) is 11.1 Å². The SMILES string of the molecule is CN(C)C(=O)NC1CCC(CCN2CCN(c3cc(-c4ccc(F)cc4)cc(F)n3)CC2)CC1. The fourth-order valence-electron chi connectivity index (χ4n) is 4.92. The van der Waals surface area contributed by atoms with Crippen LogP contribution in [0.2, 0.25) is 0 Å². The second-order valence-electron chi connectivity index (χ2n) is 9.72. The zero-order valence-corrected chi connectivity index (χ0v) is 20.1. The highest BCUT2D eigenvalue weighted by molar-refractivity contribution is 5.73. The van der Waals surface area contributed by atoms with Gasteiger partial charge in [0.25, 0.3) is 0 Å². The van der Waals surface area contributed by atoms with Crippen LogP contribution in [0, 0.1) is 17.7 Å². The Balaban J connectivity index is 1.23. The summed E-state index contributed by atoms with van der Waals surface area (Å²) in [4.78, 5) is 22.2. The molecule has 4 rings (SSSR count). The smallest absolute Gasteiger partial charge is 0.317 e. The van der Waals surface area contributed by atoms with Crippen molar-refractivity contribution in [2.24, 2.45) is 5.92 Å². The molecule has 184 valence electrons. The van der Waals surface area contributed by atoms with E-state index in [1.165, 1.54) is 24.6 Å². The average Bonchev–Trinajstić information content (AvgIpc) is 2.84. The number of urea groups is 1. The van der Waals surface area contributed by atoms with Gasteiger partial charge in [-0.15, -0.1) is 0 Å². The van der Waals surface area contributed by atoms with Crippen LogP contribution in [0.1, 0.15) is 32.1 Å². The number of hydrogen-bond acceptors (Lipinski definition) is 4. The number of benzene rings is 1. The highest BCUT2D eigenvalue weighted by Crippen LogP contribution is 2.28. The average molecular weight is 472 g/mol. The third kappa shape index (κ3) is 6.44. The van der Waals surface area contributed by atoms with E-state index in [4.69, 9.17) is 0 Å². The maximum atomic E-state index is 14.2. The van der Waals surface area contributed by atoms with E-state index in [0.717, 1.165) is 64.0 Å². The highest BCUT2D eigenvalue weighted by atomic mass is 19.1. The van der Waals surface area contributed by atoms with E-state index in [9.17, 15) is 13.6 Å². The Labute approximate surface area is 200 Å². The molecule has 1 aliphatic carbocycles. The molecular weight excluding hydrogens is 436 g/mol. The van der Waals surface area contributed by atoms with Crippen molar-refractivity contribution in [1.29, 1.82) is 0 Å². The lowest BCUT2D eigenvalue weighted by Crippen LogP contribution is -2.47. The maximum absolute atomic E-state index is 14.2. The Morgan fingerprint density at radius 3 is 2.32 bits per heavy atom. The normalized spacial score (nSPS) is 21.4. The van der Waals surface area contributed by atoms with Crippen molar-refractivity contribution in [3.05, 3.63) is 48.2 Å². The third-order valence-corrected chi connectivity index (χ3v) is 7.09. The highest BCUT2D eigenvalue weighted by Gasteiger charge is 2.24. The predicted octanol–water partition coefficient (Wildman–Crippen LogP) is 4.37. The molecule has 6 nitrogen and oxygen atoms in total. The van der Waals surface area contributed by atoms with Crippen LogP contribution < -0.4 is 10.2 Å². The maximum Gasteiger partial charge on any atom is 0.317 e. The molecule has 0 unspecified atom stereocenters. The molecule has 0 bridgehead atoms. The molecule has 0 radical (unpaired) electrons. The molecule has 34 heavy (non-hydrogen) atoms. The molecule has 2 aliphatic rings. The number of nitrogens with one attached hydrogen (secondary N) is 1. The summed E-state index contributed by atoms with van der Waals surface area (Å²) in [7, 11) is 3.55. The van der Waals surface area contributed by atoms with Crippen LogP contribution >= 0.6 is 0 Å². The first kappa shape index (κ1) is 24.4. The molecule has 1 N–H and O–H groups in total. The lowest BCUT2D eigenvalue weighted by Gasteiger charge is -2.37. The van der Waals surface area contributed by atoms with E-state index in [1.807, 2.05) is 6.07 Å². The Hall–Kier alpha value is -2.74. The first-order chi connectivity index (χ1) is 16.4. The first-order valence-electron chi connectivity index (χ1n) is 12.3. The zero-order valence-electron chi connectivity index (χ0n) is 20.1. The summed E-state index contributed by atoms with van der Waals surface area (Å²) >= 11 is 0. The number of aromatic nitrogens is 1. The molecule has 1 saturated carbocycles. The number of hydrogen-bond donors (Lipinski definition) is 1. The molecule has 1 aliphatic heterocycles. The van der Waals surface area contributed by atoms with E-state index in [2.05, 4.69) is 20.1 Å². The van der Waals surface area contributed by atoms with Gasteiger partial charge >= 0.3 is 6.03 Å². The molecular formula is C26H35F2N5O. The van der Waals surface area contributed by atoms with E-state index in [-0.39, 0.29) is 11.8 Å². The minimum atomic E-state index is -0.517. The topological polar surface area (TPSA) is 51.7 Å². The fraction of sp³-hybridized carbons (Fsp3) is 0.538. The molecule has 2 fully saturated rings. The van der Waals surface area contributed by atoms with Gasteiger partial charge < -0.3 is 15.1 Å². The summed E-state index contributed by atoms with van der Waals surface area (Å²) in [6.45, 7) is 4.55. The van der Waals surface area contributed by atoms with E-state index in [1.54, 1.807) is 31.1 Å². The van der Waals surface area contributed by atoms with E-state index < -0.39 is 5.95 Å². The van der Waals surface area contributed by atoms with Gasteiger partial charge in [-0.1, -0.05) is 12.1 Å². The molecule has 0 atom stereocenters. The number of nitrogens with zero attached hydrogens (tertiary/aromatic N) is 4. The minimum Gasteiger partial charge on any atom is -0.354 e. The molecule has 2 aromatic rings. The Morgan fingerprint density at radius 1 is 1.00 bits per heavy atom. The van der Waals surface area contributed by atoms with E-state index >= 15 is 0 Å². The van der Waals surface area contributed by atoms with Crippen LogP contribution in [-0.4, -0.2) is 73.7 Å². The minimum absolute atomic E-state index is 0.00102. The van der Waals surface area contributed by atoms with Crippen LogP contribution in [0.3, 0.4) is 0 Å². The van der Waals surface area contributed by atoms with Crippen LogP contribution in [-0.2, 0) is 0 Å². The Kier molecular flexibility index (Phi) is 7.98. The molecule has 0 spiro atoms. The van der Waals surface area contributed by atoms with Crippen molar-refractivity contribution in [2.45, 2.75) is 38.1 Å². The lowest BCUT2D eigenvalue weighted by atomic mass is 9.84. The standard InChI is InChI=1S/C26H35F2N5O/c1-31(2)26(34)29-23-9-3-19(4-10-23)11-12-32-13-15-33(16-14-32)25-18-21(17-24(28)30-25)20-5-7-22(27)8-6-20/h5-8,17-19,23H,3-4,9-16H2,1-2H3,(H,29,34). The number of halogens is 2. The fourth-order valence-corrected chi connectivity index (χ4v) is 4.92. The molecule has 2 heterocycles. The van der Waals surface area contributed by atoms with Gasteiger partial charge in [0.1, 0.15) is 11.6 Å². The zero-order chi connectivity index (χ0) is 24.1. The summed E-state index contributed by atoms with van der Waals surface area (Å²) < 4.78 is 27.5. The quantitative estimate of drug-likeness (QED) is 0.636. The molecule has 1 aromatic carbocycles. The second kappa shape index (κ2) is 11.1. The Bertz CT molecular complexity index is 952. The number of pyridine rings is 1. The van der Waals surface area contributed by atoms with Crippen LogP contribution in [0.15, 0.2) is 36.4 Å². The second-order valence-corrected chi connectivity index (χ2v) is 9.72. The van der Waals surface area contributed by atoms with Crippen molar-refractivity contribution in [3.63, 3.8) is 0 Å². The number of anilines is 1. The Morgan fingerprint density at radius 2 is 1.68 bits per heavy atom. The number of amides is 2. The van der Waals surface area contributed by atoms with E-state index in [0.29, 0.717) is 23.3 Å². The van der Waals surface area contributed by atoms with Crippen molar-refractivity contribution in [1.82, 2.24) is 20.1 Å². The van der Waals surface area contributed by atoms with Crippen molar-refractivity contribution >= 4 is 11.8 Å². The van der Waals surface area contributed by atoms with Gasteiger partial charge in [-0.3, -0.25) is 4.90 Å². The summed E-state index contributed by atoms with van der Waals surface area (Å²) in [5.41, 5.74) is 1.49. The first-order valence-corrected chi connectivity index (χ1v) is 12.3. The molecule has 8 heteroatoms. The monoisotopic (exact) mass is 471 g/mol. The van der Waals surface area contributed by atoms with Gasteiger partial charge in [-0.25, -0.2) is 14.2 Å². The van der Waals surface area contributed by atoms with Crippen LogP contribution in [0.4, 0.5) is 19.4 Å². The largest absolute Gasteiger partial charge is 0.354 e. The van der Waals surface area contributed by atoms with Gasteiger partial charge in [-0.05, 0) is 73.9 Å². The van der Waals surface area contributed by atoms with Gasteiger partial charge in [0.2, 0.25) is 5.95 Å². The van der Waals surface area contributed by atoms with Gasteiger partial charge in [0.15, 0.2) is 0 Å². The summed E-state index contributed by atoms with van der Waals surface area (Å²) in [5.74, 6) is 0.529. The van der Waals surface area contributed by atoms with Crippen molar-refractivity contribution < 1.29 is 13.6 Å². The van der Waals surface area contributed by atoms with Crippen LogP contribution in [0.5, 0.6) is 0 Å². The number of piperazine rings is 1. The molecule has 1 aromatic heterocycles. The van der Waals surface area contributed by atoms with Crippen molar-refractivity contribution in [3.8, 4) is 11.1 Å². The molecule has 2 amide bonds.